The van der Waals surface area contributed by atoms with Crippen molar-refractivity contribution in [3.05, 3.63) is 64.7 Å². The van der Waals surface area contributed by atoms with Gasteiger partial charge in [-0.25, -0.2) is 4.79 Å². The maximum atomic E-state index is 13.4. The quantitative estimate of drug-likeness (QED) is 0.187. The van der Waals surface area contributed by atoms with E-state index in [1.807, 2.05) is 24.3 Å². The Kier molecular flexibility index (Phi) is 12.6. The van der Waals surface area contributed by atoms with Gasteiger partial charge in [-0.15, -0.1) is 0 Å². The average molecular weight is 631 g/mol. The number of carbonyl (C=O) groups is 4. The minimum atomic E-state index is -1.99. The van der Waals surface area contributed by atoms with Crippen molar-refractivity contribution in [3.8, 4) is 5.75 Å². The molecule has 1 aliphatic heterocycles. The third-order valence-electron chi connectivity index (χ3n) is 7.45. The van der Waals surface area contributed by atoms with Gasteiger partial charge in [0.25, 0.3) is 0 Å². The van der Waals surface area contributed by atoms with Gasteiger partial charge in [0.2, 0.25) is 20.8 Å². The third-order valence-corrected chi connectivity index (χ3v) is 10.3. The summed E-state index contributed by atoms with van der Waals surface area (Å²) in [6.45, 7) is 1.36. The second kappa shape index (κ2) is 16.6. The molecular weight excluding hydrogens is 594 g/mol. The number of hydrogen-bond acceptors (Lipinski definition) is 7. The molecule has 12 heteroatoms. The molecule has 0 spiro atoms. The van der Waals surface area contributed by atoms with Crippen molar-refractivity contribution in [3.63, 3.8) is 0 Å². The molecule has 1 heterocycles. The van der Waals surface area contributed by atoms with Gasteiger partial charge in [0, 0.05) is 23.6 Å². The Balaban J connectivity index is 1.29. The van der Waals surface area contributed by atoms with Crippen LogP contribution in [0.15, 0.2) is 48.5 Å². The Morgan fingerprint density at radius 2 is 1.95 bits per heavy atom. The second-order valence-corrected chi connectivity index (χ2v) is 14.0. The van der Waals surface area contributed by atoms with Crippen LogP contribution in [0, 0.1) is 5.92 Å². The molecule has 225 valence electrons. The highest BCUT2D eigenvalue weighted by Gasteiger charge is 2.29. The largest absolute Gasteiger partial charge is 0.491 e. The van der Waals surface area contributed by atoms with Crippen LogP contribution in [-0.2, 0) is 32.3 Å². The number of nitrogens with one attached hydrogen (secondary N) is 2. The molecule has 0 saturated heterocycles. The normalized spacial score (nSPS) is 16.0. The number of benzene rings is 2. The number of nitrogens with zero attached hydrogens (tertiary/aromatic N) is 1. The van der Waals surface area contributed by atoms with Crippen LogP contribution < -0.4 is 14.4 Å². The summed E-state index contributed by atoms with van der Waals surface area (Å²) >= 11 is 7.01. The first-order valence-electron chi connectivity index (χ1n) is 14.3. The molecule has 1 atom stereocenters. The highest BCUT2D eigenvalue weighted by Crippen LogP contribution is 2.30. The highest BCUT2D eigenvalue weighted by atomic mass is 35.5. The lowest BCUT2D eigenvalue weighted by atomic mass is 9.86. The lowest BCUT2D eigenvalue weighted by Crippen LogP contribution is -2.46. The lowest BCUT2D eigenvalue weighted by Gasteiger charge is -2.26. The molecule has 2 aromatic rings. The minimum Gasteiger partial charge on any atom is -0.491 e. The lowest BCUT2D eigenvalue weighted by molar-refractivity contribution is -0.131. The number of halogens is 1. The van der Waals surface area contributed by atoms with E-state index >= 15 is 0 Å². The number of fused-ring (bicyclic) bond motifs is 1. The van der Waals surface area contributed by atoms with Gasteiger partial charge in [-0.3, -0.25) is 14.3 Å². The zero-order valence-electron chi connectivity index (χ0n) is 23.5. The summed E-state index contributed by atoms with van der Waals surface area (Å²) < 4.78 is 13.7. The Morgan fingerprint density at radius 1 is 1.14 bits per heavy atom. The Hall–Kier alpha value is -3.02. The zero-order valence-corrected chi connectivity index (χ0v) is 26.1. The number of carbonyl (C=O) groups excluding carboxylic acids is 4. The number of rotatable bonds is 12. The summed E-state index contributed by atoms with van der Waals surface area (Å²) in [6, 6.07) is 15.0. The minimum absolute atomic E-state index is 0.0491. The maximum Gasteiger partial charge on any atom is 0.417 e. The first-order chi connectivity index (χ1) is 20.4. The molecule has 4 rings (SSSR count). The summed E-state index contributed by atoms with van der Waals surface area (Å²) in [5.41, 5.74) is 1.70. The monoisotopic (exact) mass is 630 g/mol. The van der Waals surface area contributed by atoms with E-state index in [-0.39, 0.29) is 30.9 Å². The van der Waals surface area contributed by atoms with Crippen molar-refractivity contribution in [1.29, 1.82) is 0 Å². The molecule has 42 heavy (non-hydrogen) atoms. The number of ether oxygens (including phenoxy) is 2. The number of hydrogen-bond donors (Lipinski definition) is 2. The van der Waals surface area contributed by atoms with Gasteiger partial charge < -0.3 is 24.2 Å². The van der Waals surface area contributed by atoms with E-state index < -0.39 is 20.3 Å². The fraction of sp³-hybridized carbons (Fsp3) is 0.467. The van der Waals surface area contributed by atoms with E-state index in [2.05, 4.69) is 9.70 Å². The summed E-state index contributed by atoms with van der Waals surface area (Å²) in [7, 11) is -1.99. The van der Waals surface area contributed by atoms with Crippen LogP contribution in [0.3, 0.4) is 0 Å². The van der Waals surface area contributed by atoms with Crippen molar-refractivity contribution in [2.45, 2.75) is 69.4 Å². The predicted octanol–water partition coefficient (Wildman–Crippen LogP) is 5.24. The van der Waals surface area contributed by atoms with E-state index in [0.717, 1.165) is 60.4 Å². The highest BCUT2D eigenvalue weighted by molar-refractivity contribution is 7.99. The fourth-order valence-electron chi connectivity index (χ4n) is 5.19. The molecule has 9 nitrogen and oxygen atoms in total. The van der Waals surface area contributed by atoms with Crippen molar-refractivity contribution >= 4 is 56.3 Å². The van der Waals surface area contributed by atoms with Gasteiger partial charge in [-0.2, -0.15) is 0 Å². The van der Waals surface area contributed by atoms with E-state index in [1.165, 1.54) is 6.42 Å². The van der Waals surface area contributed by atoms with E-state index in [0.29, 0.717) is 37.1 Å². The molecule has 0 aromatic heterocycles. The molecule has 2 aliphatic rings. The molecule has 2 aromatic carbocycles. The van der Waals surface area contributed by atoms with Crippen LogP contribution in [0.5, 0.6) is 5.75 Å². The van der Waals surface area contributed by atoms with Gasteiger partial charge >= 0.3 is 6.09 Å². The van der Waals surface area contributed by atoms with Crippen LogP contribution >= 0.6 is 23.5 Å². The Bertz CT molecular complexity index is 1230. The number of para-hydroxylation sites is 1. The first kappa shape index (κ1) is 31.9. The van der Waals surface area contributed by atoms with Gasteiger partial charge in [-0.05, 0) is 54.1 Å². The van der Waals surface area contributed by atoms with Gasteiger partial charge in [0.05, 0.1) is 6.54 Å². The van der Waals surface area contributed by atoms with Gasteiger partial charge in [-0.1, -0.05) is 74.0 Å². The number of amides is 3. The predicted molar refractivity (Wildman–Crippen MR) is 165 cm³/mol. The van der Waals surface area contributed by atoms with Gasteiger partial charge in [0.15, 0.2) is 0 Å². The summed E-state index contributed by atoms with van der Waals surface area (Å²) in [4.78, 5) is 55.4. The zero-order chi connectivity index (χ0) is 29.7. The fourth-order valence-corrected chi connectivity index (χ4v) is 7.61. The standard InChI is InChI=1S/C30H37ClN3O6SSi/c31-25-11-6-9-23(17-25)20-40-30(38)32-41-27(18-22-7-2-1-3-8-22)29(37)33-42(21-35)16-13-28(36)34-14-15-39-26-12-5-4-10-24(26)19-34/h4-6,9-12,17,21-22,27H,1-3,7-8,13-16,18-20H2,(H,32,38)(H,33,37)/t27-/m0/s1. The molecular formula is C30H37ClN3O6SSi. The smallest absolute Gasteiger partial charge is 0.417 e. The van der Waals surface area contributed by atoms with E-state index in [9.17, 15) is 19.2 Å². The molecule has 3 amide bonds. The first-order valence-corrected chi connectivity index (χ1v) is 17.4. The van der Waals surface area contributed by atoms with Crippen molar-refractivity contribution in [2.24, 2.45) is 5.92 Å². The van der Waals surface area contributed by atoms with Crippen molar-refractivity contribution in [2.75, 3.05) is 13.2 Å². The van der Waals surface area contributed by atoms with Crippen LogP contribution in [0.1, 0.15) is 56.1 Å². The second-order valence-electron chi connectivity index (χ2n) is 10.6. The maximum absolute atomic E-state index is 13.4. The SMILES string of the molecule is O=C[Si](CCC(=O)N1CCOc2ccccc2C1)NC(=O)[C@H](CC1CCCCC1)SNC(=O)OCc1cccc(Cl)c1. The van der Waals surface area contributed by atoms with Crippen LogP contribution in [0.4, 0.5) is 4.79 Å². The van der Waals surface area contributed by atoms with Crippen LogP contribution in [0.2, 0.25) is 11.1 Å². The van der Waals surface area contributed by atoms with Gasteiger partial charge in [0.1, 0.15) is 30.1 Å². The topological polar surface area (TPSA) is 114 Å². The van der Waals surface area contributed by atoms with Crippen LogP contribution in [-0.4, -0.2) is 56.1 Å². The summed E-state index contributed by atoms with van der Waals surface area (Å²) in [5.74, 6) is 1.54. The molecule has 0 unspecified atom stereocenters. The third kappa shape index (κ3) is 10.1. The summed E-state index contributed by atoms with van der Waals surface area (Å²) in [6.07, 6.45) is 5.59. The Morgan fingerprint density at radius 3 is 2.74 bits per heavy atom. The molecule has 1 aliphatic carbocycles. The van der Waals surface area contributed by atoms with E-state index in [1.54, 1.807) is 29.2 Å². The van der Waals surface area contributed by atoms with E-state index in [4.69, 9.17) is 21.1 Å². The van der Waals surface area contributed by atoms with Crippen LogP contribution in [0.25, 0.3) is 0 Å². The molecule has 1 radical (unpaired) electrons. The molecule has 0 bridgehead atoms. The van der Waals surface area contributed by atoms with Crippen molar-refractivity contribution in [1.82, 2.24) is 14.6 Å². The summed E-state index contributed by atoms with van der Waals surface area (Å²) in [5, 5.41) is -0.0305. The molecule has 1 fully saturated rings. The molecule has 1 saturated carbocycles. The molecule has 2 N–H and O–H groups in total. The average Bonchev–Trinajstić information content (AvgIpc) is 3.23. The van der Waals surface area contributed by atoms with Crippen molar-refractivity contribution < 1.29 is 28.7 Å². The Labute approximate surface area is 257 Å².